The van der Waals surface area contributed by atoms with Crippen molar-refractivity contribution in [3.63, 3.8) is 0 Å². The number of nitrogens with zero attached hydrogens (tertiary/aromatic N) is 4. The molecule has 0 aliphatic carbocycles. The van der Waals surface area contributed by atoms with E-state index < -0.39 is 33.5 Å². The van der Waals surface area contributed by atoms with Gasteiger partial charge in [-0.05, 0) is 36.2 Å². The summed E-state index contributed by atoms with van der Waals surface area (Å²) in [7, 11) is -3.08. The van der Waals surface area contributed by atoms with E-state index in [4.69, 9.17) is 9.72 Å². The molecule has 43 heavy (non-hydrogen) atoms. The molecule has 1 aromatic carbocycles. The van der Waals surface area contributed by atoms with Gasteiger partial charge in [-0.3, -0.25) is 24.6 Å². The first-order valence-electron chi connectivity index (χ1n) is 14.6. The van der Waals surface area contributed by atoms with E-state index in [1.54, 1.807) is 12.1 Å². The van der Waals surface area contributed by atoms with Crippen molar-refractivity contribution in [1.82, 2.24) is 24.7 Å². The number of carbonyl (C=O) groups is 3. The topological polar surface area (TPSA) is 131 Å². The van der Waals surface area contributed by atoms with E-state index in [1.165, 1.54) is 4.90 Å². The van der Waals surface area contributed by atoms with Crippen LogP contribution >= 0.6 is 0 Å². The number of benzene rings is 1. The van der Waals surface area contributed by atoms with Gasteiger partial charge >= 0.3 is 0 Å². The molecule has 4 saturated heterocycles. The highest BCUT2D eigenvalue weighted by molar-refractivity contribution is 7.92. The number of nitrogens with one attached hydrogen (secondary N) is 1. The number of imide groups is 1. The summed E-state index contributed by atoms with van der Waals surface area (Å²) in [6.45, 7) is 3.91. The van der Waals surface area contributed by atoms with Gasteiger partial charge in [-0.25, -0.2) is 17.8 Å². The molecule has 0 saturated carbocycles. The van der Waals surface area contributed by atoms with Crippen LogP contribution in [0.3, 0.4) is 0 Å². The molecule has 3 amide bonds. The van der Waals surface area contributed by atoms with Crippen molar-refractivity contribution in [2.45, 2.75) is 38.0 Å². The number of rotatable bonds is 5. The van der Waals surface area contributed by atoms with Crippen LogP contribution in [0.4, 0.5) is 4.39 Å². The van der Waals surface area contributed by atoms with Crippen LogP contribution in [-0.2, 0) is 37.3 Å². The summed E-state index contributed by atoms with van der Waals surface area (Å²) in [4.78, 5) is 45.9. The van der Waals surface area contributed by atoms with Gasteiger partial charge in [0, 0.05) is 66.2 Å². The summed E-state index contributed by atoms with van der Waals surface area (Å²) >= 11 is 0. The van der Waals surface area contributed by atoms with Gasteiger partial charge in [0.15, 0.2) is 9.84 Å². The van der Waals surface area contributed by atoms with E-state index in [2.05, 4.69) is 10.2 Å². The summed E-state index contributed by atoms with van der Waals surface area (Å²) in [6.07, 6.45) is 2.18. The summed E-state index contributed by atoms with van der Waals surface area (Å²) in [5, 5.41) is 3.18. The Morgan fingerprint density at radius 3 is 2.51 bits per heavy atom. The van der Waals surface area contributed by atoms with Crippen LogP contribution in [0.5, 0.6) is 0 Å². The third-order valence-corrected chi connectivity index (χ3v) is 11.5. The maximum absolute atomic E-state index is 16.3. The Hall–Kier alpha value is -3.68. The lowest BCUT2D eigenvalue weighted by Gasteiger charge is -2.29. The number of amides is 3. The Labute approximate surface area is 246 Å². The molecule has 13 heteroatoms. The van der Waals surface area contributed by atoms with Crippen molar-refractivity contribution in [1.29, 1.82) is 0 Å². The second kappa shape index (κ2) is 9.66. The van der Waals surface area contributed by atoms with Crippen LogP contribution in [0.15, 0.2) is 30.5 Å². The molecule has 1 N–H and O–H groups in total. The number of halogens is 1. The molecule has 5 aliphatic heterocycles. The number of pyridine rings is 1. The van der Waals surface area contributed by atoms with E-state index >= 15 is 4.39 Å². The van der Waals surface area contributed by atoms with Gasteiger partial charge in [-0.1, -0.05) is 0 Å². The van der Waals surface area contributed by atoms with Gasteiger partial charge in [0.2, 0.25) is 11.8 Å². The fourth-order valence-corrected chi connectivity index (χ4v) is 8.81. The first-order chi connectivity index (χ1) is 20.6. The largest absolute Gasteiger partial charge is 0.381 e. The summed E-state index contributed by atoms with van der Waals surface area (Å²) in [5.74, 6) is -0.866. The maximum atomic E-state index is 16.3. The van der Waals surface area contributed by atoms with Crippen molar-refractivity contribution in [3.8, 4) is 11.3 Å². The van der Waals surface area contributed by atoms with Gasteiger partial charge in [0.1, 0.15) is 17.5 Å². The third kappa shape index (κ3) is 4.39. The Bertz CT molecular complexity index is 1820. The molecule has 3 unspecified atom stereocenters. The number of aromatic nitrogens is 2. The zero-order valence-corrected chi connectivity index (χ0v) is 24.1. The fourth-order valence-electron chi connectivity index (χ4n) is 7.41. The fraction of sp³-hybridized carbons (Fsp3) is 0.467. The molecule has 8 rings (SSSR count). The highest BCUT2D eigenvalue weighted by atomic mass is 32.2. The Morgan fingerprint density at radius 1 is 1.05 bits per heavy atom. The molecule has 224 valence electrons. The molecular formula is C30H30FN5O6S. The average molecular weight is 608 g/mol. The first kappa shape index (κ1) is 26.9. The lowest BCUT2D eigenvalue weighted by molar-refractivity contribution is -0.136. The number of fused-ring (bicyclic) bond motifs is 3. The number of likely N-dealkylation sites (tertiary alicyclic amines) is 1. The van der Waals surface area contributed by atoms with Crippen molar-refractivity contribution >= 4 is 38.6 Å². The molecule has 11 nitrogen and oxygen atoms in total. The smallest absolute Gasteiger partial charge is 0.255 e. The quantitative estimate of drug-likeness (QED) is 0.434. The summed E-state index contributed by atoms with van der Waals surface area (Å²) in [6, 6.07) is 5.92. The van der Waals surface area contributed by atoms with Gasteiger partial charge in [0.25, 0.3) is 5.91 Å². The maximum Gasteiger partial charge on any atom is 0.255 e. The minimum Gasteiger partial charge on any atom is -0.381 e. The zero-order valence-electron chi connectivity index (χ0n) is 23.3. The minimum absolute atomic E-state index is 0.0407. The van der Waals surface area contributed by atoms with E-state index in [9.17, 15) is 22.8 Å². The molecule has 3 aromatic rings. The molecule has 7 heterocycles. The van der Waals surface area contributed by atoms with Crippen LogP contribution in [0.1, 0.15) is 40.4 Å². The van der Waals surface area contributed by atoms with Crippen molar-refractivity contribution in [2.75, 3.05) is 37.8 Å². The van der Waals surface area contributed by atoms with Gasteiger partial charge in [-0.2, -0.15) is 0 Å². The lowest BCUT2D eigenvalue weighted by Crippen LogP contribution is -2.52. The van der Waals surface area contributed by atoms with Gasteiger partial charge in [-0.15, -0.1) is 0 Å². The summed E-state index contributed by atoms with van der Waals surface area (Å²) in [5.41, 5.74) is 2.61. The van der Waals surface area contributed by atoms with E-state index in [0.717, 1.165) is 37.3 Å². The van der Waals surface area contributed by atoms with Crippen LogP contribution < -0.4 is 5.32 Å². The van der Waals surface area contributed by atoms with E-state index in [-0.39, 0.29) is 59.5 Å². The number of piperidine rings is 1. The molecule has 4 fully saturated rings. The number of carbonyl (C=O) groups excluding carboxylic acids is 3. The van der Waals surface area contributed by atoms with Gasteiger partial charge in [0.05, 0.1) is 43.0 Å². The SMILES string of the molecule is O=C1CCC(N2Cc3c(ccc(-c4cc(CN5CC6COCC6C5)c5ccn(C6CS(=O)(=O)C6)c5n4)c3F)C2=O)C(=O)N1. The predicted octanol–water partition coefficient (Wildman–Crippen LogP) is 1.65. The van der Waals surface area contributed by atoms with Crippen molar-refractivity contribution in [3.05, 3.63) is 53.0 Å². The molecule has 0 radical (unpaired) electrons. The monoisotopic (exact) mass is 607 g/mol. The standard InChI is InChI=1S/C30H30FN5O6S/c31-27-22(2-1-21-23(27)11-36(30(21)39)25-3-4-26(37)33-29(25)38)24-7-16(8-34-9-17-12-42-13-18(17)10-34)20-5-6-35(28(20)32-24)19-14-43(40,41)15-19/h1-2,5-7,17-19,25H,3-4,8-15H2,(H,33,37,38). The Kier molecular flexibility index (Phi) is 6.05. The van der Waals surface area contributed by atoms with Crippen molar-refractivity contribution < 1.29 is 31.9 Å². The minimum atomic E-state index is -3.08. The Balaban J connectivity index is 1.17. The molecule has 5 aliphatic rings. The normalized spacial score (nSPS) is 27.0. The average Bonchev–Trinajstić information content (AvgIpc) is 3.71. The number of hydrogen-bond acceptors (Lipinski definition) is 8. The Morgan fingerprint density at radius 2 is 1.79 bits per heavy atom. The molecule has 3 atom stereocenters. The highest BCUT2D eigenvalue weighted by Gasteiger charge is 2.41. The van der Waals surface area contributed by atoms with Crippen molar-refractivity contribution in [2.24, 2.45) is 11.8 Å². The number of hydrogen-bond donors (Lipinski definition) is 1. The van der Waals surface area contributed by atoms with Gasteiger partial charge < -0.3 is 14.2 Å². The second-order valence-electron chi connectivity index (χ2n) is 12.5. The van der Waals surface area contributed by atoms with Crippen LogP contribution in [0.25, 0.3) is 22.3 Å². The first-order valence-corrected chi connectivity index (χ1v) is 16.4. The molecule has 0 spiro atoms. The molecular weight excluding hydrogens is 577 g/mol. The number of sulfone groups is 1. The molecule has 2 aromatic heterocycles. The third-order valence-electron chi connectivity index (χ3n) is 9.69. The predicted molar refractivity (Wildman–Crippen MR) is 152 cm³/mol. The van der Waals surface area contributed by atoms with E-state index in [1.807, 2.05) is 22.9 Å². The number of ether oxygens (including phenoxy) is 1. The summed E-state index contributed by atoms with van der Waals surface area (Å²) < 4.78 is 47.8. The second-order valence-corrected chi connectivity index (χ2v) is 14.6. The van der Waals surface area contributed by atoms with E-state index in [0.29, 0.717) is 29.7 Å². The van der Waals surface area contributed by atoms with Crippen LogP contribution in [0, 0.1) is 17.7 Å². The highest BCUT2D eigenvalue weighted by Crippen LogP contribution is 2.38. The molecule has 0 bridgehead atoms. The van der Waals surface area contributed by atoms with Crippen LogP contribution in [-0.4, -0.2) is 89.3 Å². The zero-order chi connectivity index (χ0) is 29.6. The lowest BCUT2D eigenvalue weighted by atomic mass is 10.0. The van der Waals surface area contributed by atoms with Crippen LogP contribution in [0.2, 0.25) is 0 Å².